The van der Waals surface area contributed by atoms with Crippen molar-refractivity contribution in [2.45, 2.75) is 12.1 Å². The predicted molar refractivity (Wildman–Crippen MR) is 73.4 cm³/mol. The van der Waals surface area contributed by atoms with Gasteiger partial charge in [0.25, 0.3) is 0 Å². The van der Waals surface area contributed by atoms with Gasteiger partial charge in [0.05, 0.1) is 6.20 Å². The summed E-state index contributed by atoms with van der Waals surface area (Å²) in [7, 11) is -3.67. The molecule has 21 heavy (non-hydrogen) atoms. The number of sulfone groups is 1. The summed E-state index contributed by atoms with van der Waals surface area (Å²) in [5.74, 6) is -1.23. The van der Waals surface area contributed by atoms with Gasteiger partial charge in [-0.05, 0) is 18.6 Å². The molecule has 0 aliphatic rings. The standard InChI is InChI=1S/C13H12N2O5S/c1-8-5-3-4-6-10(8)20-11-9(12(16)17)7-14-13(15-11)21(2,18)19/h3-7H,1-2H3,(H,16,17). The lowest BCUT2D eigenvalue weighted by Crippen LogP contribution is -2.09. The molecule has 0 aliphatic carbocycles. The van der Waals surface area contributed by atoms with Gasteiger partial charge < -0.3 is 9.84 Å². The zero-order chi connectivity index (χ0) is 15.6. The number of benzene rings is 1. The maximum absolute atomic E-state index is 11.5. The number of aromatic nitrogens is 2. The summed E-state index contributed by atoms with van der Waals surface area (Å²) < 4.78 is 28.4. The molecule has 2 rings (SSSR count). The Morgan fingerprint density at radius 2 is 1.95 bits per heavy atom. The average molecular weight is 308 g/mol. The quantitative estimate of drug-likeness (QED) is 0.856. The Bertz CT molecular complexity index is 802. The van der Waals surface area contributed by atoms with Crippen LogP contribution in [0.2, 0.25) is 0 Å². The highest BCUT2D eigenvalue weighted by molar-refractivity contribution is 7.90. The number of aromatic carboxylic acids is 1. The molecule has 0 atom stereocenters. The van der Waals surface area contributed by atoms with Crippen LogP contribution in [0.4, 0.5) is 0 Å². The summed E-state index contributed by atoms with van der Waals surface area (Å²) in [4.78, 5) is 18.4. The highest BCUT2D eigenvalue weighted by Crippen LogP contribution is 2.26. The van der Waals surface area contributed by atoms with Crippen LogP contribution < -0.4 is 4.74 Å². The van der Waals surface area contributed by atoms with Crippen molar-refractivity contribution in [1.29, 1.82) is 0 Å². The normalized spacial score (nSPS) is 11.1. The summed E-state index contributed by atoms with van der Waals surface area (Å²) >= 11 is 0. The minimum Gasteiger partial charge on any atom is -0.477 e. The molecule has 2 aromatic rings. The van der Waals surface area contributed by atoms with Crippen molar-refractivity contribution in [2.75, 3.05) is 6.26 Å². The number of rotatable bonds is 4. The first kappa shape index (κ1) is 14.9. The van der Waals surface area contributed by atoms with Gasteiger partial charge in [0.2, 0.25) is 20.9 Å². The molecule has 1 N–H and O–H groups in total. The molecule has 0 bridgehead atoms. The number of carboxylic acids is 1. The molecule has 0 radical (unpaired) electrons. The molecule has 0 amide bonds. The van der Waals surface area contributed by atoms with Crippen LogP contribution in [0.3, 0.4) is 0 Å². The fraction of sp³-hybridized carbons (Fsp3) is 0.154. The van der Waals surface area contributed by atoms with E-state index >= 15 is 0 Å². The summed E-state index contributed by atoms with van der Waals surface area (Å²) in [5.41, 5.74) is 0.444. The Morgan fingerprint density at radius 1 is 1.29 bits per heavy atom. The first-order valence-corrected chi connectivity index (χ1v) is 7.72. The molecule has 0 aliphatic heterocycles. The third kappa shape index (κ3) is 3.34. The number of carboxylic acid groups (broad SMARTS) is 1. The van der Waals surface area contributed by atoms with E-state index in [4.69, 9.17) is 9.84 Å². The van der Waals surface area contributed by atoms with E-state index in [0.29, 0.717) is 5.75 Å². The van der Waals surface area contributed by atoms with Gasteiger partial charge in [-0.2, -0.15) is 4.98 Å². The van der Waals surface area contributed by atoms with Gasteiger partial charge in [0.15, 0.2) is 0 Å². The fourth-order valence-corrected chi connectivity index (χ4v) is 2.02. The van der Waals surface area contributed by atoms with Gasteiger partial charge in [0.1, 0.15) is 11.3 Å². The van der Waals surface area contributed by atoms with Crippen molar-refractivity contribution < 1.29 is 23.1 Å². The molecule has 8 heteroatoms. The molecule has 110 valence electrons. The summed E-state index contributed by atoms with van der Waals surface area (Å²) in [6.07, 6.45) is 1.85. The Kier molecular flexibility index (Phi) is 3.90. The van der Waals surface area contributed by atoms with E-state index in [-0.39, 0.29) is 11.4 Å². The van der Waals surface area contributed by atoms with Crippen molar-refractivity contribution in [3.63, 3.8) is 0 Å². The molecule has 1 aromatic heterocycles. The molecule has 0 spiro atoms. The number of ether oxygens (including phenoxy) is 1. The first-order chi connectivity index (χ1) is 9.79. The zero-order valence-electron chi connectivity index (χ0n) is 11.3. The second kappa shape index (κ2) is 5.49. The molecule has 1 heterocycles. The largest absolute Gasteiger partial charge is 0.477 e. The Hall–Kier alpha value is -2.48. The van der Waals surface area contributed by atoms with E-state index in [1.165, 1.54) is 0 Å². The maximum Gasteiger partial charge on any atom is 0.342 e. The Labute approximate surface area is 121 Å². The summed E-state index contributed by atoms with van der Waals surface area (Å²) in [6, 6.07) is 6.90. The number of para-hydroxylation sites is 1. The van der Waals surface area contributed by atoms with Crippen molar-refractivity contribution in [3.05, 3.63) is 41.6 Å². The molecular formula is C13H12N2O5S. The van der Waals surface area contributed by atoms with Gasteiger partial charge in [0, 0.05) is 6.26 Å². The van der Waals surface area contributed by atoms with Gasteiger partial charge in [-0.3, -0.25) is 0 Å². The third-order valence-corrected chi connectivity index (χ3v) is 3.45. The summed E-state index contributed by atoms with van der Waals surface area (Å²) in [6.45, 7) is 1.77. The number of nitrogens with zero attached hydrogens (tertiary/aromatic N) is 2. The topological polar surface area (TPSA) is 106 Å². The van der Waals surface area contributed by atoms with Crippen molar-refractivity contribution >= 4 is 15.8 Å². The highest BCUT2D eigenvalue weighted by atomic mass is 32.2. The fourth-order valence-electron chi connectivity index (χ4n) is 1.53. The van der Waals surface area contributed by atoms with Crippen molar-refractivity contribution in [3.8, 4) is 11.6 Å². The third-order valence-electron chi connectivity index (χ3n) is 2.59. The smallest absolute Gasteiger partial charge is 0.342 e. The van der Waals surface area contributed by atoms with Crippen molar-refractivity contribution in [1.82, 2.24) is 9.97 Å². The molecule has 0 unspecified atom stereocenters. The van der Waals surface area contributed by atoms with Crippen LogP contribution in [0.1, 0.15) is 15.9 Å². The lowest BCUT2D eigenvalue weighted by molar-refractivity contribution is 0.0692. The van der Waals surface area contributed by atoms with Crippen LogP contribution in [-0.4, -0.2) is 35.7 Å². The lowest BCUT2D eigenvalue weighted by atomic mass is 10.2. The second-order valence-electron chi connectivity index (χ2n) is 4.32. The van der Waals surface area contributed by atoms with Gasteiger partial charge >= 0.3 is 5.97 Å². The monoisotopic (exact) mass is 308 g/mol. The van der Waals surface area contributed by atoms with Gasteiger partial charge in [-0.1, -0.05) is 18.2 Å². The van der Waals surface area contributed by atoms with Crippen LogP contribution in [0.25, 0.3) is 0 Å². The number of carbonyl (C=O) groups is 1. The SMILES string of the molecule is Cc1ccccc1Oc1nc(S(C)(=O)=O)ncc1C(=O)O. The van der Waals surface area contributed by atoms with Gasteiger partial charge in [-0.25, -0.2) is 18.2 Å². The Balaban J connectivity index is 2.54. The van der Waals surface area contributed by atoms with Crippen LogP contribution in [-0.2, 0) is 9.84 Å². The van der Waals surface area contributed by atoms with Crippen LogP contribution in [0.5, 0.6) is 11.6 Å². The molecule has 0 saturated heterocycles. The van der Waals surface area contributed by atoms with E-state index in [0.717, 1.165) is 18.0 Å². The van der Waals surface area contributed by atoms with Crippen LogP contribution in [0, 0.1) is 6.92 Å². The number of hydrogen-bond acceptors (Lipinski definition) is 6. The molecule has 0 fully saturated rings. The lowest BCUT2D eigenvalue weighted by Gasteiger charge is -2.10. The van der Waals surface area contributed by atoms with Crippen LogP contribution >= 0.6 is 0 Å². The molecule has 1 aromatic carbocycles. The van der Waals surface area contributed by atoms with E-state index in [9.17, 15) is 13.2 Å². The van der Waals surface area contributed by atoms with E-state index < -0.39 is 21.0 Å². The van der Waals surface area contributed by atoms with Crippen molar-refractivity contribution in [2.24, 2.45) is 0 Å². The van der Waals surface area contributed by atoms with Crippen LogP contribution in [0.15, 0.2) is 35.6 Å². The average Bonchev–Trinajstić information content (AvgIpc) is 2.40. The van der Waals surface area contributed by atoms with E-state index in [1.807, 2.05) is 0 Å². The first-order valence-electron chi connectivity index (χ1n) is 5.83. The minimum atomic E-state index is -3.67. The van der Waals surface area contributed by atoms with E-state index in [1.54, 1.807) is 31.2 Å². The van der Waals surface area contributed by atoms with E-state index in [2.05, 4.69) is 9.97 Å². The Morgan fingerprint density at radius 3 is 2.52 bits per heavy atom. The molecule has 0 saturated carbocycles. The van der Waals surface area contributed by atoms with Gasteiger partial charge in [-0.15, -0.1) is 0 Å². The zero-order valence-corrected chi connectivity index (χ0v) is 12.1. The minimum absolute atomic E-state index is 0.313. The number of hydrogen-bond donors (Lipinski definition) is 1. The molecule has 7 nitrogen and oxygen atoms in total. The number of aryl methyl sites for hydroxylation is 1. The maximum atomic E-state index is 11.5. The predicted octanol–water partition coefficient (Wildman–Crippen LogP) is 1.68. The second-order valence-corrected chi connectivity index (χ2v) is 6.23. The molecular weight excluding hydrogens is 296 g/mol. The highest BCUT2D eigenvalue weighted by Gasteiger charge is 2.20. The summed E-state index contributed by atoms with van der Waals surface area (Å²) in [5, 5.41) is 8.61.